The van der Waals surface area contributed by atoms with Gasteiger partial charge in [0, 0.05) is 20.3 Å². The molecule has 0 aliphatic heterocycles. The average Bonchev–Trinajstić information content (AvgIpc) is 2.31. The van der Waals surface area contributed by atoms with E-state index in [0.717, 1.165) is 11.1 Å². The van der Waals surface area contributed by atoms with Crippen LogP contribution in [0.4, 0.5) is 0 Å². The molecule has 1 amide bonds. The first kappa shape index (κ1) is 16.7. The number of benzene rings is 1. The van der Waals surface area contributed by atoms with E-state index in [9.17, 15) is 19.5 Å². The molecular formula is C15H19NO5. The van der Waals surface area contributed by atoms with Gasteiger partial charge in [0.1, 0.15) is 11.3 Å². The second-order valence-electron chi connectivity index (χ2n) is 5.19. The summed E-state index contributed by atoms with van der Waals surface area (Å²) in [5, 5.41) is 11.7. The Balaban J connectivity index is 3.00. The zero-order chi connectivity index (χ0) is 16.2. The van der Waals surface area contributed by atoms with Crippen LogP contribution in [-0.4, -0.2) is 28.5 Å². The zero-order valence-corrected chi connectivity index (χ0v) is 12.5. The van der Waals surface area contributed by atoms with Crippen LogP contribution >= 0.6 is 0 Å². The van der Waals surface area contributed by atoms with Crippen LogP contribution in [0, 0.1) is 6.92 Å². The molecule has 0 fully saturated rings. The molecule has 6 heteroatoms. The number of amides is 1. The van der Waals surface area contributed by atoms with Gasteiger partial charge in [0.25, 0.3) is 0 Å². The number of aliphatic carboxylic acids is 1. The fourth-order valence-corrected chi connectivity index (χ4v) is 2.06. The first-order valence-electron chi connectivity index (χ1n) is 6.44. The van der Waals surface area contributed by atoms with Crippen LogP contribution in [0.15, 0.2) is 18.2 Å². The van der Waals surface area contributed by atoms with Crippen molar-refractivity contribution in [3.63, 3.8) is 0 Å². The minimum Gasteiger partial charge on any atom is -0.480 e. The molecule has 0 spiro atoms. The van der Waals surface area contributed by atoms with Crippen LogP contribution in [-0.2, 0) is 20.8 Å². The van der Waals surface area contributed by atoms with Gasteiger partial charge in [-0.1, -0.05) is 12.1 Å². The highest BCUT2D eigenvalue weighted by Crippen LogP contribution is 2.22. The maximum absolute atomic E-state index is 11.4. The number of ether oxygens (including phenoxy) is 1. The van der Waals surface area contributed by atoms with E-state index in [0.29, 0.717) is 5.75 Å². The zero-order valence-electron chi connectivity index (χ0n) is 12.5. The van der Waals surface area contributed by atoms with Crippen molar-refractivity contribution in [3.8, 4) is 5.75 Å². The summed E-state index contributed by atoms with van der Waals surface area (Å²) in [6.45, 7) is 5.80. The number of aryl methyl sites for hydroxylation is 1. The third-order valence-electron chi connectivity index (χ3n) is 2.97. The number of hydrogen-bond acceptors (Lipinski definition) is 4. The van der Waals surface area contributed by atoms with Crippen LogP contribution in [0.3, 0.4) is 0 Å². The molecule has 0 aromatic heterocycles. The van der Waals surface area contributed by atoms with E-state index < -0.39 is 23.4 Å². The summed E-state index contributed by atoms with van der Waals surface area (Å²) in [5.41, 5.74) is 0.0571. The minimum absolute atomic E-state index is 0.128. The molecule has 1 rings (SSSR count). The fourth-order valence-electron chi connectivity index (χ4n) is 2.06. The molecule has 0 saturated heterocycles. The van der Waals surface area contributed by atoms with Crippen molar-refractivity contribution in [2.45, 2.75) is 39.7 Å². The van der Waals surface area contributed by atoms with E-state index in [1.807, 2.05) is 0 Å². The lowest BCUT2D eigenvalue weighted by Crippen LogP contribution is -2.53. The second-order valence-corrected chi connectivity index (χ2v) is 5.19. The number of carbonyl (C=O) groups excluding carboxylic acids is 2. The Kier molecular flexibility index (Phi) is 5.07. The quantitative estimate of drug-likeness (QED) is 0.633. The fraction of sp³-hybridized carbons (Fsp3) is 0.400. The van der Waals surface area contributed by atoms with Crippen molar-refractivity contribution in [1.82, 2.24) is 5.32 Å². The maximum atomic E-state index is 11.4. The Morgan fingerprint density at radius 3 is 2.33 bits per heavy atom. The van der Waals surface area contributed by atoms with Gasteiger partial charge in [-0.15, -0.1) is 0 Å². The highest BCUT2D eigenvalue weighted by Gasteiger charge is 2.34. The summed E-state index contributed by atoms with van der Waals surface area (Å²) in [7, 11) is 0. The lowest BCUT2D eigenvalue weighted by atomic mass is 9.92. The number of esters is 1. The first-order valence-corrected chi connectivity index (χ1v) is 6.44. The lowest BCUT2D eigenvalue weighted by molar-refractivity contribution is -0.146. The van der Waals surface area contributed by atoms with Crippen molar-refractivity contribution in [3.05, 3.63) is 29.3 Å². The Morgan fingerprint density at radius 2 is 1.90 bits per heavy atom. The number of nitrogens with one attached hydrogen (secondary N) is 1. The Bertz CT molecular complexity index is 581. The standard InChI is InChI=1S/C15H19NO5/c1-9-7-12(5-6-13(9)21-11(3)18)8-15(4,14(19)20)16-10(2)17/h5-7H,8H2,1-4H3,(H,16,17)(H,19,20)/t15-/m0/s1. The minimum atomic E-state index is -1.39. The van der Waals surface area contributed by atoms with Crippen LogP contribution in [0.2, 0.25) is 0 Å². The van der Waals surface area contributed by atoms with E-state index in [-0.39, 0.29) is 6.42 Å². The molecule has 21 heavy (non-hydrogen) atoms. The smallest absolute Gasteiger partial charge is 0.329 e. The van der Waals surface area contributed by atoms with Gasteiger partial charge in [0.2, 0.25) is 5.91 Å². The predicted octanol–water partition coefficient (Wildman–Crippen LogP) is 1.44. The molecule has 0 radical (unpaired) electrons. The predicted molar refractivity (Wildman–Crippen MR) is 76.0 cm³/mol. The molecule has 0 unspecified atom stereocenters. The Labute approximate surface area is 123 Å². The van der Waals surface area contributed by atoms with Gasteiger partial charge in [-0.2, -0.15) is 0 Å². The summed E-state index contributed by atoms with van der Waals surface area (Å²) in [6.07, 6.45) is 0.128. The van der Waals surface area contributed by atoms with Crippen LogP contribution in [0.1, 0.15) is 31.9 Å². The van der Waals surface area contributed by atoms with Crippen LogP contribution < -0.4 is 10.1 Å². The lowest BCUT2D eigenvalue weighted by Gasteiger charge is -2.26. The summed E-state index contributed by atoms with van der Waals surface area (Å²) in [5.74, 6) is -1.50. The van der Waals surface area contributed by atoms with Gasteiger partial charge in [-0.3, -0.25) is 9.59 Å². The number of hydrogen-bond donors (Lipinski definition) is 2. The largest absolute Gasteiger partial charge is 0.480 e. The van der Waals surface area contributed by atoms with E-state index in [1.165, 1.54) is 20.8 Å². The van der Waals surface area contributed by atoms with E-state index in [1.54, 1.807) is 25.1 Å². The van der Waals surface area contributed by atoms with Crippen molar-refractivity contribution < 1.29 is 24.2 Å². The Hall–Kier alpha value is -2.37. The maximum Gasteiger partial charge on any atom is 0.329 e. The van der Waals surface area contributed by atoms with Gasteiger partial charge in [-0.25, -0.2) is 4.79 Å². The summed E-state index contributed by atoms with van der Waals surface area (Å²) in [6, 6.07) is 5.03. The highest BCUT2D eigenvalue weighted by molar-refractivity contribution is 5.85. The summed E-state index contributed by atoms with van der Waals surface area (Å²) >= 11 is 0. The van der Waals surface area contributed by atoms with Crippen molar-refractivity contribution >= 4 is 17.8 Å². The van der Waals surface area contributed by atoms with Gasteiger partial charge in [0.05, 0.1) is 0 Å². The van der Waals surface area contributed by atoms with Crippen LogP contribution in [0.5, 0.6) is 5.75 Å². The number of carboxylic acid groups (broad SMARTS) is 1. The monoisotopic (exact) mass is 293 g/mol. The molecule has 6 nitrogen and oxygen atoms in total. The van der Waals surface area contributed by atoms with Gasteiger partial charge < -0.3 is 15.2 Å². The number of rotatable bonds is 5. The van der Waals surface area contributed by atoms with E-state index >= 15 is 0 Å². The summed E-state index contributed by atoms with van der Waals surface area (Å²) in [4.78, 5) is 33.5. The van der Waals surface area contributed by atoms with Crippen LogP contribution in [0.25, 0.3) is 0 Å². The molecule has 0 aliphatic carbocycles. The SMILES string of the molecule is CC(=O)N[C@@](C)(Cc1ccc(OC(C)=O)c(C)c1)C(=O)O. The molecule has 1 atom stereocenters. The average molecular weight is 293 g/mol. The molecule has 1 aromatic carbocycles. The van der Waals surface area contributed by atoms with Gasteiger partial charge in [-0.05, 0) is 31.0 Å². The van der Waals surface area contributed by atoms with Crippen molar-refractivity contribution in [2.24, 2.45) is 0 Å². The first-order chi connectivity index (χ1) is 9.64. The highest BCUT2D eigenvalue weighted by atomic mass is 16.5. The number of carbonyl (C=O) groups is 3. The molecule has 0 heterocycles. The Morgan fingerprint density at radius 1 is 1.29 bits per heavy atom. The second kappa shape index (κ2) is 6.39. The molecule has 1 aromatic rings. The molecule has 0 aliphatic rings. The van der Waals surface area contributed by atoms with E-state index in [4.69, 9.17) is 4.74 Å². The molecule has 2 N–H and O–H groups in total. The number of carboxylic acids is 1. The van der Waals surface area contributed by atoms with E-state index in [2.05, 4.69) is 5.32 Å². The van der Waals surface area contributed by atoms with Gasteiger partial charge >= 0.3 is 11.9 Å². The topological polar surface area (TPSA) is 92.7 Å². The van der Waals surface area contributed by atoms with Gasteiger partial charge in [0.15, 0.2) is 0 Å². The van der Waals surface area contributed by atoms with Crippen molar-refractivity contribution in [1.29, 1.82) is 0 Å². The third-order valence-corrected chi connectivity index (χ3v) is 2.97. The summed E-state index contributed by atoms with van der Waals surface area (Å²) < 4.78 is 5.02. The third kappa shape index (κ3) is 4.59. The normalized spacial score (nSPS) is 13.1. The molecule has 0 bridgehead atoms. The van der Waals surface area contributed by atoms with Crippen molar-refractivity contribution in [2.75, 3.05) is 0 Å². The molecular weight excluding hydrogens is 274 g/mol. The molecule has 0 saturated carbocycles. The molecule has 114 valence electrons.